The van der Waals surface area contributed by atoms with E-state index in [9.17, 15) is 9.90 Å². The van der Waals surface area contributed by atoms with E-state index in [0.29, 0.717) is 6.42 Å². The summed E-state index contributed by atoms with van der Waals surface area (Å²) in [6, 6.07) is 8.32. The van der Waals surface area contributed by atoms with E-state index in [4.69, 9.17) is 5.73 Å². The maximum absolute atomic E-state index is 10.3. The topological polar surface area (TPSA) is 66.2 Å². The quantitative estimate of drug-likeness (QED) is 0.495. The summed E-state index contributed by atoms with van der Waals surface area (Å²) in [6.45, 7) is 0. The van der Waals surface area contributed by atoms with Crippen molar-refractivity contribution in [2.75, 3.05) is 0 Å². The molecule has 0 radical (unpaired) electrons. The molecule has 0 heterocycles. The Kier molecular flexibility index (Phi) is 5.99. The molecular formula is C9H10NNaO2. The Morgan fingerprint density at radius 2 is 1.92 bits per heavy atom. The molecular weight excluding hydrogens is 177 g/mol. The van der Waals surface area contributed by atoms with Gasteiger partial charge in [-0.3, -0.25) is 0 Å². The second-order valence-electron chi connectivity index (χ2n) is 2.62. The summed E-state index contributed by atoms with van der Waals surface area (Å²) in [5, 5.41) is 10.3. The van der Waals surface area contributed by atoms with Gasteiger partial charge < -0.3 is 15.6 Å². The van der Waals surface area contributed by atoms with Crippen LogP contribution in [0.3, 0.4) is 0 Å². The van der Waals surface area contributed by atoms with E-state index in [-0.39, 0.29) is 29.6 Å². The second-order valence-corrected chi connectivity index (χ2v) is 2.62. The van der Waals surface area contributed by atoms with Gasteiger partial charge in [0.1, 0.15) is 0 Å². The van der Waals surface area contributed by atoms with E-state index < -0.39 is 12.0 Å². The van der Waals surface area contributed by atoms with Crippen LogP contribution < -0.4 is 40.4 Å². The molecule has 2 N–H and O–H groups in total. The molecule has 0 aromatic heterocycles. The van der Waals surface area contributed by atoms with E-state index in [0.717, 1.165) is 5.56 Å². The first-order valence-electron chi connectivity index (χ1n) is 3.70. The third kappa shape index (κ3) is 4.43. The van der Waals surface area contributed by atoms with Crippen LogP contribution in [0, 0.1) is 0 Å². The van der Waals surface area contributed by atoms with Crippen LogP contribution in [0.1, 0.15) is 5.56 Å². The van der Waals surface area contributed by atoms with Gasteiger partial charge in [0, 0.05) is 6.04 Å². The number of carboxylic acids is 1. The van der Waals surface area contributed by atoms with Crippen molar-refractivity contribution in [2.45, 2.75) is 12.5 Å². The zero-order valence-electron chi connectivity index (χ0n) is 7.57. The number of benzene rings is 1. The van der Waals surface area contributed by atoms with Crippen molar-refractivity contribution in [3.05, 3.63) is 35.9 Å². The monoisotopic (exact) mass is 187 g/mol. The zero-order valence-corrected chi connectivity index (χ0v) is 9.57. The molecule has 0 amide bonds. The number of nitrogens with two attached hydrogens (primary N) is 1. The average Bonchev–Trinajstić information content (AvgIpc) is 2.06. The van der Waals surface area contributed by atoms with Crippen LogP contribution in [0.5, 0.6) is 0 Å². The van der Waals surface area contributed by atoms with Crippen molar-refractivity contribution in [1.29, 1.82) is 0 Å². The van der Waals surface area contributed by atoms with Gasteiger partial charge in [-0.1, -0.05) is 30.3 Å². The van der Waals surface area contributed by atoms with Crippen molar-refractivity contribution in [3.8, 4) is 0 Å². The van der Waals surface area contributed by atoms with E-state index >= 15 is 0 Å². The van der Waals surface area contributed by atoms with Crippen LogP contribution >= 0.6 is 0 Å². The van der Waals surface area contributed by atoms with Gasteiger partial charge in [0.05, 0.1) is 5.97 Å². The first-order valence-corrected chi connectivity index (χ1v) is 3.70. The Hall–Kier alpha value is -0.350. The fourth-order valence-corrected chi connectivity index (χ4v) is 0.951. The van der Waals surface area contributed by atoms with Crippen molar-refractivity contribution in [1.82, 2.24) is 0 Å². The minimum absolute atomic E-state index is 0. The molecule has 0 bridgehead atoms. The normalized spacial score (nSPS) is 11.5. The predicted molar refractivity (Wildman–Crippen MR) is 43.1 cm³/mol. The molecule has 0 fully saturated rings. The summed E-state index contributed by atoms with van der Waals surface area (Å²) in [6.07, 6.45) is 0.323. The fourth-order valence-electron chi connectivity index (χ4n) is 0.951. The summed E-state index contributed by atoms with van der Waals surface area (Å²) in [7, 11) is 0. The van der Waals surface area contributed by atoms with Crippen molar-refractivity contribution < 1.29 is 39.5 Å². The fraction of sp³-hybridized carbons (Fsp3) is 0.222. The Bertz CT molecular complexity index is 264. The van der Waals surface area contributed by atoms with Crippen LogP contribution in [0.2, 0.25) is 0 Å². The van der Waals surface area contributed by atoms with Gasteiger partial charge in [0.2, 0.25) is 0 Å². The van der Waals surface area contributed by atoms with Gasteiger partial charge in [0.15, 0.2) is 0 Å². The molecule has 0 aliphatic carbocycles. The van der Waals surface area contributed by atoms with Crippen LogP contribution in [-0.2, 0) is 11.2 Å². The Morgan fingerprint density at radius 1 is 1.38 bits per heavy atom. The molecule has 0 saturated carbocycles. The van der Waals surface area contributed by atoms with E-state index in [1.165, 1.54) is 0 Å². The molecule has 0 spiro atoms. The van der Waals surface area contributed by atoms with Crippen molar-refractivity contribution >= 4 is 5.97 Å². The Morgan fingerprint density at radius 3 is 2.38 bits per heavy atom. The average molecular weight is 187 g/mol. The number of rotatable bonds is 3. The molecule has 1 atom stereocenters. The third-order valence-corrected chi connectivity index (χ3v) is 1.60. The standard InChI is InChI=1S/C9H11NO2.Na/c10-8(9(11)12)6-7-4-2-1-3-5-7;/h1-5,8H,6,10H2,(H,11,12);/q;+1/p-1/t8-;/m1./s1. The SMILES string of the molecule is N[C@H](Cc1ccccc1)C(=O)[O-].[Na+]. The molecule has 1 aromatic rings. The first-order chi connectivity index (χ1) is 5.70. The molecule has 0 unspecified atom stereocenters. The minimum Gasteiger partial charge on any atom is -0.548 e. The van der Waals surface area contributed by atoms with Crippen LogP contribution in [0.4, 0.5) is 0 Å². The maximum atomic E-state index is 10.3. The van der Waals surface area contributed by atoms with Crippen LogP contribution in [0.25, 0.3) is 0 Å². The number of carbonyl (C=O) groups excluding carboxylic acids is 1. The smallest absolute Gasteiger partial charge is 0.548 e. The van der Waals surface area contributed by atoms with E-state index in [2.05, 4.69) is 0 Å². The summed E-state index contributed by atoms with van der Waals surface area (Å²) in [4.78, 5) is 10.3. The first kappa shape index (κ1) is 12.7. The Balaban J connectivity index is 0.00000144. The van der Waals surface area contributed by atoms with Crippen molar-refractivity contribution in [2.24, 2.45) is 5.73 Å². The number of aliphatic carboxylic acids is 1. The van der Waals surface area contributed by atoms with Gasteiger partial charge in [-0.2, -0.15) is 0 Å². The van der Waals surface area contributed by atoms with Crippen LogP contribution in [0.15, 0.2) is 30.3 Å². The number of carbonyl (C=O) groups is 1. The summed E-state index contributed by atoms with van der Waals surface area (Å²) in [5.74, 6) is -1.21. The predicted octanol–water partition coefficient (Wildman–Crippen LogP) is -3.69. The minimum atomic E-state index is -1.21. The van der Waals surface area contributed by atoms with Gasteiger partial charge in [-0.25, -0.2) is 0 Å². The van der Waals surface area contributed by atoms with Crippen LogP contribution in [-0.4, -0.2) is 12.0 Å². The molecule has 0 aliphatic heterocycles. The molecule has 3 nitrogen and oxygen atoms in total. The van der Waals surface area contributed by atoms with Gasteiger partial charge >= 0.3 is 29.6 Å². The summed E-state index contributed by atoms with van der Waals surface area (Å²) >= 11 is 0. The van der Waals surface area contributed by atoms with Gasteiger partial charge in [-0.05, 0) is 12.0 Å². The largest absolute Gasteiger partial charge is 1.00 e. The van der Waals surface area contributed by atoms with Crippen molar-refractivity contribution in [3.63, 3.8) is 0 Å². The Labute approximate surface area is 99.2 Å². The number of carboxylic acid groups (broad SMARTS) is 1. The maximum Gasteiger partial charge on any atom is 1.00 e. The number of hydrogen-bond acceptors (Lipinski definition) is 3. The summed E-state index contributed by atoms with van der Waals surface area (Å²) in [5.41, 5.74) is 6.20. The van der Waals surface area contributed by atoms with Gasteiger partial charge in [-0.15, -0.1) is 0 Å². The third-order valence-electron chi connectivity index (χ3n) is 1.60. The van der Waals surface area contributed by atoms with Gasteiger partial charge in [0.25, 0.3) is 0 Å². The molecule has 0 aliphatic rings. The van der Waals surface area contributed by atoms with E-state index in [1.54, 1.807) is 0 Å². The molecule has 13 heavy (non-hydrogen) atoms. The molecule has 1 rings (SSSR count). The zero-order chi connectivity index (χ0) is 8.97. The molecule has 1 aromatic carbocycles. The number of hydrogen-bond donors (Lipinski definition) is 1. The molecule has 4 heteroatoms. The molecule has 0 saturated heterocycles. The molecule has 64 valence electrons. The second kappa shape index (κ2) is 6.16. The summed E-state index contributed by atoms with van der Waals surface area (Å²) < 4.78 is 0. The van der Waals surface area contributed by atoms with E-state index in [1.807, 2.05) is 30.3 Å².